The minimum absolute atomic E-state index is 0.201. The maximum Gasteiger partial charge on any atom is 0.389 e. The Bertz CT molecular complexity index is 144. The Morgan fingerprint density at radius 3 is 2.42 bits per heavy atom. The van der Waals surface area contributed by atoms with E-state index in [-0.39, 0.29) is 6.42 Å². The molecule has 0 heterocycles. The lowest BCUT2D eigenvalue weighted by Crippen LogP contribution is -2.21. The predicted octanol–water partition coefficient (Wildman–Crippen LogP) is 2.33. The van der Waals surface area contributed by atoms with Crippen molar-refractivity contribution in [3.63, 3.8) is 0 Å². The molecule has 0 spiro atoms. The Kier molecular flexibility index (Phi) is 2.99. The van der Waals surface area contributed by atoms with Gasteiger partial charge in [-0.2, -0.15) is 13.2 Å². The van der Waals surface area contributed by atoms with Gasteiger partial charge in [0.05, 0.1) is 0 Å². The zero-order valence-electron chi connectivity index (χ0n) is 7.12. The molecule has 72 valence electrons. The minimum Gasteiger partial charge on any atom is -0.314 e. The Labute approximate surface area is 70.3 Å². The van der Waals surface area contributed by atoms with Gasteiger partial charge >= 0.3 is 6.18 Å². The molecule has 2 unspecified atom stereocenters. The van der Waals surface area contributed by atoms with Crippen LogP contribution in [0.5, 0.6) is 0 Å². The van der Waals surface area contributed by atoms with Crippen LogP contribution in [0.3, 0.4) is 0 Å². The van der Waals surface area contributed by atoms with E-state index < -0.39 is 12.6 Å². The molecule has 0 aromatic rings. The summed E-state index contributed by atoms with van der Waals surface area (Å²) in [6, 6.07) is 0.484. The molecule has 0 radical (unpaired) electrons. The van der Waals surface area contributed by atoms with Gasteiger partial charge in [-0.25, -0.2) is 0 Å². The average Bonchev–Trinajstić information content (AvgIpc) is 2.57. The highest BCUT2D eigenvalue weighted by Gasteiger charge is 2.32. The first-order valence-corrected chi connectivity index (χ1v) is 4.29. The molecule has 0 bridgehead atoms. The second-order valence-electron chi connectivity index (χ2n) is 3.49. The van der Waals surface area contributed by atoms with E-state index in [0.717, 1.165) is 6.42 Å². The molecule has 0 saturated heterocycles. The van der Waals surface area contributed by atoms with Crippen molar-refractivity contribution in [1.29, 1.82) is 0 Å². The van der Waals surface area contributed by atoms with Crippen molar-refractivity contribution in [2.45, 2.75) is 38.4 Å². The first-order valence-electron chi connectivity index (χ1n) is 4.29. The largest absolute Gasteiger partial charge is 0.389 e. The fourth-order valence-electron chi connectivity index (χ4n) is 1.18. The van der Waals surface area contributed by atoms with Crippen LogP contribution in [0.25, 0.3) is 0 Å². The highest BCUT2D eigenvalue weighted by Crippen LogP contribution is 2.29. The molecule has 0 amide bonds. The molecule has 1 aliphatic rings. The lowest BCUT2D eigenvalue weighted by Gasteiger charge is -2.06. The van der Waals surface area contributed by atoms with Gasteiger partial charge in [0.2, 0.25) is 0 Å². The summed E-state index contributed by atoms with van der Waals surface area (Å²) in [6.45, 7) is 2.59. The SMILES string of the molecule is CC1CC1NCCCC(F)(F)F. The second kappa shape index (κ2) is 3.64. The molecule has 12 heavy (non-hydrogen) atoms. The molecular formula is C8H14F3N. The van der Waals surface area contributed by atoms with E-state index >= 15 is 0 Å². The summed E-state index contributed by atoms with van der Waals surface area (Å²) in [6.07, 6.45) is -3.34. The van der Waals surface area contributed by atoms with Gasteiger partial charge in [-0.1, -0.05) is 6.92 Å². The quantitative estimate of drug-likeness (QED) is 0.656. The van der Waals surface area contributed by atoms with Gasteiger partial charge in [-0.3, -0.25) is 0 Å². The van der Waals surface area contributed by atoms with E-state index in [1.165, 1.54) is 0 Å². The molecule has 1 nitrogen and oxygen atoms in total. The highest BCUT2D eigenvalue weighted by atomic mass is 19.4. The van der Waals surface area contributed by atoms with Crippen molar-refractivity contribution in [2.24, 2.45) is 5.92 Å². The van der Waals surface area contributed by atoms with Crippen molar-refractivity contribution in [2.75, 3.05) is 6.54 Å². The number of nitrogens with one attached hydrogen (secondary N) is 1. The first-order chi connectivity index (χ1) is 5.49. The first kappa shape index (κ1) is 9.84. The monoisotopic (exact) mass is 181 g/mol. The summed E-state index contributed by atoms with van der Waals surface area (Å²) in [7, 11) is 0. The maximum atomic E-state index is 11.6. The number of hydrogen-bond donors (Lipinski definition) is 1. The topological polar surface area (TPSA) is 12.0 Å². The molecule has 2 atom stereocenters. The van der Waals surface area contributed by atoms with Crippen molar-refractivity contribution in [3.8, 4) is 0 Å². The minimum atomic E-state index is -3.99. The van der Waals surface area contributed by atoms with Crippen LogP contribution in [0.15, 0.2) is 0 Å². The number of alkyl halides is 3. The zero-order valence-corrected chi connectivity index (χ0v) is 7.12. The van der Waals surface area contributed by atoms with E-state index in [9.17, 15) is 13.2 Å². The van der Waals surface area contributed by atoms with Gasteiger partial charge in [0.1, 0.15) is 0 Å². The summed E-state index contributed by atoms with van der Waals surface area (Å²) >= 11 is 0. The van der Waals surface area contributed by atoms with E-state index in [1.54, 1.807) is 0 Å². The zero-order chi connectivity index (χ0) is 9.19. The average molecular weight is 181 g/mol. The summed E-state index contributed by atoms with van der Waals surface area (Å²) in [5.41, 5.74) is 0. The Balaban J connectivity index is 1.90. The third-order valence-corrected chi connectivity index (χ3v) is 2.15. The van der Waals surface area contributed by atoms with E-state index in [1.807, 2.05) is 0 Å². The molecule has 1 N–H and O–H groups in total. The molecule has 0 aromatic heterocycles. The third-order valence-electron chi connectivity index (χ3n) is 2.15. The fraction of sp³-hybridized carbons (Fsp3) is 1.00. The van der Waals surface area contributed by atoms with Crippen molar-refractivity contribution in [3.05, 3.63) is 0 Å². The van der Waals surface area contributed by atoms with Gasteiger partial charge in [0.15, 0.2) is 0 Å². The molecule has 1 saturated carbocycles. The van der Waals surface area contributed by atoms with E-state index in [4.69, 9.17) is 0 Å². The van der Waals surface area contributed by atoms with Crippen molar-refractivity contribution < 1.29 is 13.2 Å². The molecule has 1 fully saturated rings. The van der Waals surface area contributed by atoms with Gasteiger partial charge in [0, 0.05) is 12.5 Å². The second-order valence-corrected chi connectivity index (χ2v) is 3.49. The van der Waals surface area contributed by atoms with Gasteiger partial charge in [-0.15, -0.1) is 0 Å². The molecule has 0 aliphatic heterocycles. The Hall–Kier alpha value is -0.250. The summed E-state index contributed by atoms with van der Waals surface area (Å²) in [5, 5.41) is 3.08. The summed E-state index contributed by atoms with van der Waals surface area (Å²) in [5.74, 6) is 0.663. The smallest absolute Gasteiger partial charge is 0.314 e. The van der Waals surface area contributed by atoms with Crippen LogP contribution in [-0.2, 0) is 0 Å². The van der Waals surface area contributed by atoms with Crippen molar-refractivity contribution in [1.82, 2.24) is 5.32 Å². The van der Waals surface area contributed by atoms with Crippen LogP contribution in [0, 0.1) is 5.92 Å². The summed E-state index contributed by atoms with van der Waals surface area (Å²) in [4.78, 5) is 0. The molecule has 0 aromatic carbocycles. The number of hydrogen-bond acceptors (Lipinski definition) is 1. The van der Waals surface area contributed by atoms with Crippen LogP contribution in [0.2, 0.25) is 0 Å². The van der Waals surface area contributed by atoms with E-state index in [2.05, 4.69) is 12.2 Å². The van der Waals surface area contributed by atoms with Crippen molar-refractivity contribution >= 4 is 0 Å². The van der Waals surface area contributed by atoms with Crippen LogP contribution in [-0.4, -0.2) is 18.8 Å². The summed E-state index contributed by atoms with van der Waals surface area (Å²) < 4.78 is 34.9. The molecule has 4 heteroatoms. The lowest BCUT2D eigenvalue weighted by molar-refractivity contribution is -0.135. The fourth-order valence-corrected chi connectivity index (χ4v) is 1.18. The van der Waals surface area contributed by atoms with Gasteiger partial charge < -0.3 is 5.32 Å². The molecule has 1 rings (SSSR count). The lowest BCUT2D eigenvalue weighted by atomic mass is 10.3. The predicted molar refractivity (Wildman–Crippen MR) is 40.9 cm³/mol. The Morgan fingerprint density at radius 2 is 2.00 bits per heavy atom. The molecular weight excluding hydrogens is 167 g/mol. The van der Waals surface area contributed by atoms with Crippen LogP contribution >= 0.6 is 0 Å². The standard InChI is InChI=1S/C8H14F3N/c1-6-5-7(6)12-4-2-3-8(9,10)11/h6-7,12H,2-5H2,1H3. The van der Waals surface area contributed by atoms with Crippen LogP contribution in [0.1, 0.15) is 26.2 Å². The van der Waals surface area contributed by atoms with Crippen LogP contribution in [0.4, 0.5) is 13.2 Å². The van der Waals surface area contributed by atoms with Gasteiger partial charge in [0.25, 0.3) is 0 Å². The van der Waals surface area contributed by atoms with Gasteiger partial charge in [-0.05, 0) is 25.3 Å². The number of rotatable bonds is 4. The normalized spacial score (nSPS) is 29.0. The van der Waals surface area contributed by atoms with Crippen LogP contribution < -0.4 is 5.32 Å². The van der Waals surface area contributed by atoms with E-state index in [0.29, 0.717) is 18.5 Å². The third kappa shape index (κ3) is 3.95. The Morgan fingerprint density at radius 1 is 1.42 bits per heavy atom. The maximum absolute atomic E-state index is 11.6. The molecule has 1 aliphatic carbocycles. The number of halogens is 3. The highest BCUT2D eigenvalue weighted by molar-refractivity contribution is 4.89.